The van der Waals surface area contributed by atoms with E-state index in [9.17, 15) is 0 Å². The molecule has 3 heteroatoms. The summed E-state index contributed by atoms with van der Waals surface area (Å²) in [4.78, 5) is 2.57. The van der Waals surface area contributed by atoms with E-state index >= 15 is 0 Å². The minimum absolute atomic E-state index is 0.234. The van der Waals surface area contributed by atoms with E-state index in [-0.39, 0.29) is 5.79 Å². The minimum atomic E-state index is -0.234. The smallest absolute Gasteiger partial charge is 0.168 e. The summed E-state index contributed by atoms with van der Waals surface area (Å²) in [6.07, 6.45) is 9.08. The molecule has 1 atom stereocenters. The largest absolute Gasteiger partial charge is 0.347 e. The molecule has 0 aromatic heterocycles. The highest BCUT2D eigenvalue weighted by Crippen LogP contribution is 2.45. The van der Waals surface area contributed by atoms with Gasteiger partial charge in [-0.15, -0.1) is 0 Å². The quantitative estimate of drug-likeness (QED) is 0.773. The lowest BCUT2D eigenvalue weighted by molar-refractivity contribution is -0.197. The molecule has 3 fully saturated rings. The fraction of sp³-hybridized carbons (Fsp3) is 1.00. The van der Waals surface area contributed by atoms with Gasteiger partial charge in [-0.25, -0.2) is 0 Å². The number of ether oxygens (including phenoxy) is 2. The summed E-state index contributed by atoms with van der Waals surface area (Å²) >= 11 is 0. The number of hydrogen-bond acceptors (Lipinski definition) is 3. The van der Waals surface area contributed by atoms with E-state index in [0.29, 0.717) is 11.5 Å². The maximum absolute atomic E-state index is 6.39. The van der Waals surface area contributed by atoms with Crippen molar-refractivity contribution < 1.29 is 9.47 Å². The Labute approximate surface area is 130 Å². The highest BCUT2D eigenvalue weighted by molar-refractivity contribution is 4.89. The SMILES string of the molecule is CC(C)(C)C1CCC2(CC1)OCC(CN1CCCCC1)O2. The number of piperidine rings is 1. The molecule has 0 radical (unpaired) electrons. The third-order valence-electron chi connectivity index (χ3n) is 5.80. The molecule has 0 amide bonds. The van der Waals surface area contributed by atoms with Crippen LogP contribution in [0.3, 0.4) is 0 Å². The number of nitrogens with zero attached hydrogens (tertiary/aromatic N) is 1. The fourth-order valence-electron chi connectivity index (χ4n) is 4.32. The van der Waals surface area contributed by atoms with Gasteiger partial charge in [0.1, 0.15) is 0 Å². The number of rotatable bonds is 2. The second-order valence-corrected chi connectivity index (χ2v) is 8.46. The fourth-order valence-corrected chi connectivity index (χ4v) is 4.32. The first-order valence-electron chi connectivity index (χ1n) is 9.01. The van der Waals surface area contributed by atoms with E-state index in [1.165, 1.54) is 45.2 Å². The van der Waals surface area contributed by atoms with Crippen molar-refractivity contribution in [2.45, 2.75) is 77.6 Å². The van der Waals surface area contributed by atoms with Gasteiger partial charge in [-0.2, -0.15) is 0 Å². The van der Waals surface area contributed by atoms with Gasteiger partial charge in [0.15, 0.2) is 5.79 Å². The molecule has 1 aliphatic carbocycles. The molecular formula is C18H33NO2. The molecule has 0 bridgehead atoms. The first-order valence-corrected chi connectivity index (χ1v) is 9.01. The zero-order valence-electron chi connectivity index (χ0n) is 14.2. The molecule has 0 aromatic rings. The van der Waals surface area contributed by atoms with Gasteiger partial charge >= 0.3 is 0 Å². The monoisotopic (exact) mass is 295 g/mol. The van der Waals surface area contributed by atoms with Gasteiger partial charge in [0.2, 0.25) is 0 Å². The average molecular weight is 295 g/mol. The van der Waals surface area contributed by atoms with Crippen molar-refractivity contribution in [3.05, 3.63) is 0 Å². The summed E-state index contributed by atoms with van der Waals surface area (Å²) < 4.78 is 12.5. The van der Waals surface area contributed by atoms with E-state index in [1.807, 2.05) is 0 Å². The van der Waals surface area contributed by atoms with Crippen molar-refractivity contribution in [3.63, 3.8) is 0 Å². The topological polar surface area (TPSA) is 21.7 Å². The minimum Gasteiger partial charge on any atom is -0.347 e. The van der Waals surface area contributed by atoms with E-state index < -0.39 is 0 Å². The van der Waals surface area contributed by atoms with Gasteiger partial charge in [0.25, 0.3) is 0 Å². The molecular weight excluding hydrogens is 262 g/mol. The van der Waals surface area contributed by atoms with Crippen molar-refractivity contribution in [1.29, 1.82) is 0 Å². The molecule has 3 rings (SSSR count). The van der Waals surface area contributed by atoms with Gasteiger partial charge < -0.3 is 14.4 Å². The molecule has 1 spiro atoms. The van der Waals surface area contributed by atoms with Crippen LogP contribution in [0.5, 0.6) is 0 Å². The predicted octanol–water partition coefficient (Wildman–Crippen LogP) is 3.82. The molecule has 0 N–H and O–H groups in total. The van der Waals surface area contributed by atoms with Crippen LogP contribution in [0, 0.1) is 11.3 Å². The molecule has 21 heavy (non-hydrogen) atoms. The van der Waals surface area contributed by atoms with Crippen molar-refractivity contribution in [1.82, 2.24) is 4.90 Å². The summed E-state index contributed by atoms with van der Waals surface area (Å²) in [6, 6.07) is 0. The Kier molecular flexibility index (Phi) is 4.63. The van der Waals surface area contributed by atoms with Crippen LogP contribution in [-0.2, 0) is 9.47 Å². The molecule has 2 aliphatic heterocycles. The molecule has 122 valence electrons. The molecule has 2 saturated heterocycles. The Hall–Kier alpha value is -0.120. The Morgan fingerprint density at radius 2 is 1.71 bits per heavy atom. The maximum Gasteiger partial charge on any atom is 0.168 e. The van der Waals surface area contributed by atoms with Gasteiger partial charge in [-0.3, -0.25) is 0 Å². The van der Waals surface area contributed by atoms with Gasteiger partial charge in [-0.1, -0.05) is 27.2 Å². The molecule has 3 aliphatic rings. The predicted molar refractivity (Wildman–Crippen MR) is 85.3 cm³/mol. The zero-order valence-corrected chi connectivity index (χ0v) is 14.2. The third-order valence-corrected chi connectivity index (χ3v) is 5.80. The van der Waals surface area contributed by atoms with Crippen LogP contribution in [0.4, 0.5) is 0 Å². The lowest BCUT2D eigenvalue weighted by atomic mass is 9.71. The van der Waals surface area contributed by atoms with Gasteiger partial charge in [0, 0.05) is 19.4 Å². The number of hydrogen-bond donors (Lipinski definition) is 0. The first kappa shape index (κ1) is 15.8. The zero-order chi connectivity index (χ0) is 14.9. The van der Waals surface area contributed by atoms with Crippen molar-refractivity contribution in [3.8, 4) is 0 Å². The molecule has 3 nitrogen and oxygen atoms in total. The highest BCUT2D eigenvalue weighted by Gasteiger charge is 2.46. The Morgan fingerprint density at radius 3 is 2.33 bits per heavy atom. The highest BCUT2D eigenvalue weighted by atomic mass is 16.7. The van der Waals surface area contributed by atoms with Crippen molar-refractivity contribution in [2.75, 3.05) is 26.2 Å². The van der Waals surface area contributed by atoms with E-state index in [2.05, 4.69) is 25.7 Å². The lowest BCUT2D eigenvalue weighted by Crippen LogP contribution is -2.41. The van der Waals surface area contributed by atoms with Gasteiger partial charge in [-0.05, 0) is 50.1 Å². The van der Waals surface area contributed by atoms with E-state index in [1.54, 1.807) is 0 Å². The molecule has 1 saturated carbocycles. The first-order chi connectivity index (χ1) is 9.97. The van der Waals surface area contributed by atoms with Crippen LogP contribution in [0.2, 0.25) is 0 Å². The van der Waals surface area contributed by atoms with Crippen LogP contribution in [0.15, 0.2) is 0 Å². The summed E-state index contributed by atoms with van der Waals surface area (Å²) in [5, 5.41) is 0. The van der Waals surface area contributed by atoms with Crippen molar-refractivity contribution >= 4 is 0 Å². The maximum atomic E-state index is 6.39. The third kappa shape index (κ3) is 3.80. The van der Waals surface area contributed by atoms with Gasteiger partial charge in [0.05, 0.1) is 12.7 Å². The second kappa shape index (κ2) is 6.17. The Balaban J connectivity index is 1.48. The summed E-state index contributed by atoms with van der Waals surface area (Å²) in [7, 11) is 0. The molecule has 0 aromatic carbocycles. The van der Waals surface area contributed by atoms with Crippen LogP contribution in [0.25, 0.3) is 0 Å². The second-order valence-electron chi connectivity index (χ2n) is 8.46. The summed E-state index contributed by atoms with van der Waals surface area (Å²) in [6.45, 7) is 11.5. The van der Waals surface area contributed by atoms with Crippen LogP contribution in [-0.4, -0.2) is 43.0 Å². The van der Waals surface area contributed by atoms with Crippen LogP contribution in [0.1, 0.15) is 65.7 Å². The number of likely N-dealkylation sites (tertiary alicyclic amines) is 1. The molecule has 1 unspecified atom stereocenters. The normalized spacial score (nSPS) is 39.0. The Morgan fingerprint density at radius 1 is 1.05 bits per heavy atom. The summed E-state index contributed by atoms with van der Waals surface area (Å²) in [5.41, 5.74) is 0.424. The average Bonchev–Trinajstić information content (AvgIpc) is 2.82. The van der Waals surface area contributed by atoms with Crippen LogP contribution < -0.4 is 0 Å². The summed E-state index contributed by atoms with van der Waals surface area (Å²) in [5.74, 6) is 0.582. The van der Waals surface area contributed by atoms with Crippen LogP contribution >= 0.6 is 0 Å². The molecule has 2 heterocycles. The van der Waals surface area contributed by atoms with Crippen molar-refractivity contribution in [2.24, 2.45) is 11.3 Å². The Bertz CT molecular complexity index is 336. The van der Waals surface area contributed by atoms with E-state index in [0.717, 1.165) is 31.9 Å². The van der Waals surface area contributed by atoms with E-state index in [4.69, 9.17) is 9.47 Å². The lowest BCUT2D eigenvalue weighted by Gasteiger charge is -2.41. The standard InChI is InChI=1S/C18H33NO2/c1-17(2,3)15-7-9-18(10-8-15)20-14-16(21-18)13-19-11-5-4-6-12-19/h15-16H,4-14H2,1-3H3.